The monoisotopic (exact) mass is 259 g/mol. The Hall–Kier alpha value is -1.30. The summed E-state index contributed by atoms with van der Waals surface area (Å²) in [5, 5.41) is 3.59. The van der Waals surface area contributed by atoms with E-state index in [-0.39, 0.29) is 6.10 Å². The molecule has 104 valence electrons. The van der Waals surface area contributed by atoms with E-state index in [9.17, 15) is 0 Å². The summed E-state index contributed by atoms with van der Waals surface area (Å²) in [6.07, 6.45) is 3.13. The molecule has 2 unspecified atom stereocenters. The molecule has 0 amide bonds. The largest absolute Gasteiger partial charge is 0.375 e. The van der Waals surface area contributed by atoms with Crippen molar-refractivity contribution in [1.82, 2.24) is 5.32 Å². The van der Waals surface area contributed by atoms with Crippen LogP contribution in [0.2, 0.25) is 0 Å². The molecule has 1 rings (SSSR count). The van der Waals surface area contributed by atoms with Crippen LogP contribution in [0.15, 0.2) is 30.3 Å². The number of methoxy groups -OCH3 is 1. The van der Waals surface area contributed by atoms with E-state index in [4.69, 9.17) is 4.74 Å². The van der Waals surface area contributed by atoms with Crippen molar-refractivity contribution in [1.29, 1.82) is 0 Å². The molecule has 1 N–H and O–H groups in total. The molecule has 2 atom stereocenters. The third kappa shape index (κ3) is 5.46. The molecule has 19 heavy (non-hydrogen) atoms. The van der Waals surface area contributed by atoms with Gasteiger partial charge in [-0.15, -0.1) is 11.8 Å². The summed E-state index contributed by atoms with van der Waals surface area (Å²) in [6, 6.07) is 10.7. The fourth-order valence-corrected chi connectivity index (χ4v) is 2.22. The van der Waals surface area contributed by atoms with Crippen LogP contribution < -0.4 is 5.32 Å². The Kier molecular flexibility index (Phi) is 7.97. The van der Waals surface area contributed by atoms with Crippen LogP contribution in [0.3, 0.4) is 0 Å². The highest BCUT2D eigenvalue weighted by atomic mass is 16.5. The third-order valence-electron chi connectivity index (χ3n) is 3.16. The summed E-state index contributed by atoms with van der Waals surface area (Å²) in [7, 11) is 1.78. The first kappa shape index (κ1) is 15.8. The lowest BCUT2D eigenvalue weighted by Crippen LogP contribution is -2.36. The molecule has 0 fully saturated rings. The van der Waals surface area contributed by atoms with Gasteiger partial charge in [0.2, 0.25) is 0 Å². The van der Waals surface area contributed by atoms with Crippen molar-refractivity contribution < 1.29 is 4.74 Å². The van der Waals surface area contributed by atoms with Crippen LogP contribution in [-0.2, 0) is 4.74 Å². The highest BCUT2D eigenvalue weighted by molar-refractivity contribution is 5.19. The summed E-state index contributed by atoms with van der Waals surface area (Å²) in [5.41, 5.74) is 1.23. The van der Waals surface area contributed by atoms with E-state index < -0.39 is 0 Å². The van der Waals surface area contributed by atoms with Gasteiger partial charge in [0, 0.05) is 19.6 Å². The number of hydrogen-bond donors (Lipinski definition) is 1. The molecule has 0 aromatic heterocycles. The molecule has 0 aliphatic carbocycles. The molecular weight excluding hydrogens is 234 g/mol. The highest BCUT2D eigenvalue weighted by Crippen LogP contribution is 2.23. The molecule has 2 heteroatoms. The first-order chi connectivity index (χ1) is 9.33. The van der Waals surface area contributed by atoms with Crippen LogP contribution in [0.5, 0.6) is 0 Å². The lowest BCUT2D eigenvalue weighted by Gasteiger charge is -2.27. The molecule has 0 radical (unpaired) electrons. The molecule has 0 bridgehead atoms. The van der Waals surface area contributed by atoms with E-state index in [2.05, 4.69) is 48.3 Å². The van der Waals surface area contributed by atoms with E-state index in [0.29, 0.717) is 6.04 Å². The first-order valence-electron chi connectivity index (χ1n) is 7.04. The molecule has 1 aromatic rings. The zero-order valence-corrected chi connectivity index (χ0v) is 12.3. The maximum atomic E-state index is 5.72. The van der Waals surface area contributed by atoms with Gasteiger partial charge in [-0.3, -0.25) is 0 Å². The van der Waals surface area contributed by atoms with E-state index in [1.165, 1.54) is 5.56 Å². The van der Waals surface area contributed by atoms with Gasteiger partial charge in [-0.1, -0.05) is 37.3 Å². The first-order valence-corrected chi connectivity index (χ1v) is 7.04. The van der Waals surface area contributed by atoms with Gasteiger partial charge in [-0.05, 0) is 31.9 Å². The number of benzene rings is 1. The zero-order valence-electron chi connectivity index (χ0n) is 12.3. The van der Waals surface area contributed by atoms with Crippen LogP contribution >= 0.6 is 0 Å². The summed E-state index contributed by atoms with van der Waals surface area (Å²) >= 11 is 0. The average Bonchev–Trinajstić information content (AvgIpc) is 2.46. The smallest absolute Gasteiger partial charge is 0.0974 e. The highest BCUT2D eigenvalue weighted by Gasteiger charge is 2.21. The van der Waals surface area contributed by atoms with Crippen LogP contribution in [0, 0.1) is 11.8 Å². The molecule has 0 aliphatic rings. The topological polar surface area (TPSA) is 21.3 Å². The Balaban J connectivity index is 2.75. The Morgan fingerprint density at radius 2 is 2.00 bits per heavy atom. The molecule has 2 nitrogen and oxygen atoms in total. The SMILES string of the molecule is CC#CCCC(NCCC)C(OC)c1ccccc1. The van der Waals surface area contributed by atoms with E-state index in [1.807, 2.05) is 13.0 Å². The van der Waals surface area contributed by atoms with Crippen molar-refractivity contribution in [2.24, 2.45) is 0 Å². The molecular formula is C17H25NO. The van der Waals surface area contributed by atoms with Gasteiger partial charge in [-0.25, -0.2) is 0 Å². The van der Waals surface area contributed by atoms with Crippen molar-refractivity contribution in [2.45, 2.75) is 45.3 Å². The molecule has 0 spiro atoms. The lowest BCUT2D eigenvalue weighted by molar-refractivity contribution is 0.0654. The second-order valence-corrected chi connectivity index (χ2v) is 4.59. The van der Waals surface area contributed by atoms with Gasteiger partial charge in [0.15, 0.2) is 0 Å². The molecule has 1 aromatic carbocycles. The van der Waals surface area contributed by atoms with Gasteiger partial charge >= 0.3 is 0 Å². The lowest BCUT2D eigenvalue weighted by atomic mass is 9.98. The quantitative estimate of drug-likeness (QED) is 0.721. The Bertz CT molecular complexity index is 391. The summed E-state index contributed by atoms with van der Waals surface area (Å²) < 4.78 is 5.72. The summed E-state index contributed by atoms with van der Waals surface area (Å²) in [6.45, 7) is 5.08. The number of nitrogens with one attached hydrogen (secondary N) is 1. The maximum absolute atomic E-state index is 5.72. The van der Waals surface area contributed by atoms with Crippen molar-refractivity contribution in [3.63, 3.8) is 0 Å². The minimum Gasteiger partial charge on any atom is -0.375 e. The Morgan fingerprint density at radius 3 is 2.58 bits per heavy atom. The normalized spacial score (nSPS) is 13.4. The van der Waals surface area contributed by atoms with Gasteiger partial charge < -0.3 is 10.1 Å². The second-order valence-electron chi connectivity index (χ2n) is 4.59. The fourth-order valence-electron chi connectivity index (χ4n) is 2.22. The predicted molar refractivity (Wildman–Crippen MR) is 81.0 cm³/mol. The fraction of sp³-hybridized carbons (Fsp3) is 0.529. The van der Waals surface area contributed by atoms with Crippen LogP contribution in [0.25, 0.3) is 0 Å². The van der Waals surface area contributed by atoms with Crippen molar-refractivity contribution in [2.75, 3.05) is 13.7 Å². The van der Waals surface area contributed by atoms with Crippen molar-refractivity contribution in [3.05, 3.63) is 35.9 Å². The minimum atomic E-state index is 0.0893. The Morgan fingerprint density at radius 1 is 1.26 bits per heavy atom. The molecule has 0 heterocycles. The van der Waals surface area contributed by atoms with Crippen molar-refractivity contribution >= 4 is 0 Å². The van der Waals surface area contributed by atoms with Gasteiger partial charge in [0.25, 0.3) is 0 Å². The number of ether oxygens (including phenoxy) is 1. The summed E-state index contributed by atoms with van der Waals surface area (Å²) in [4.78, 5) is 0. The molecule has 0 saturated carbocycles. The van der Waals surface area contributed by atoms with Gasteiger partial charge in [-0.2, -0.15) is 0 Å². The van der Waals surface area contributed by atoms with E-state index in [0.717, 1.165) is 25.8 Å². The van der Waals surface area contributed by atoms with Crippen LogP contribution in [0.1, 0.15) is 44.8 Å². The molecule has 0 saturated heterocycles. The van der Waals surface area contributed by atoms with Gasteiger partial charge in [0.05, 0.1) is 6.10 Å². The predicted octanol–water partition coefficient (Wildman–Crippen LogP) is 3.55. The number of rotatable bonds is 8. The van der Waals surface area contributed by atoms with E-state index in [1.54, 1.807) is 7.11 Å². The second kappa shape index (κ2) is 9.61. The minimum absolute atomic E-state index is 0.0893. The van der Waals surface area contributed by atoms with E-state index >= 15 is 0 Å². The zero-order chi connectivity index (χ0) is 13.9. The van der Waals surface area contributed by atoms with Gasteiger partial charge in [0.1, 0.15) is 0 Å². The van der Waals surface area contributed by atoms with Crippen LogP contribution in [-0.4, -0.2) is 19.7 Å². The standard InChI is InChI=1S/C17H25NO/c1-4-6-8-13-16(18-14-5-2)17(19-3)15-11-9-7-10-12-15/h7,9-12,16-18H,5,8,13-14H2,1-3H3. The molecule has 0 aliphatic heterocycles. The summed E-state index contributed by atoms with van der Waals surface area (Å²) in [5.74, 6) is 6.10. The average molecular weight is 259 g/mol. The van der Waals surface area contributed by atoms with Crippen molar-refractivity contribution in [3.8, 4) is 11.8 Å². The maximum Gasteiger partial charge on any atom is 0.0974 e. The van der Waals surface area contributed by atoms with Crippen LogP contribution in [0.4, 0.5) is 0 Å². The third-order valence-corrected chi connectivity index (χ3v) is 3.16. The number of hydrogen-bond acceptors (Lipinski definition) is 2. The Labute approximate surface area is 117 Å².